The van der Waals surface area contributed by atoms with Gasteiger partial charge in [0.15, 0.2) is 0 Å². The highest BCUT2D eigenvalue weighted by Crippen LogP contribution is 2.16. The second-order valence-corrected chi connectivity index (χ2v) is 4.43. The van der Waals surface area contributed by atoms with E-state index >= 15 is 0 Å². The average Bonchev–Trinajstić information content (AvgIpc) is 2.59. The number of aryl methyl sites for hydroxylation is 2. The van der Waals surface area contributed by atoms with E-state index in [0.717, 1.165) is 18.7 Å². The van der Waals surface area contributed by atoms with E-state index in [1.807, 2.05) is 11.7 Å². The Kier molecular flexibility index (Phi) is 5.16. The molecular weight excluding hydrogens is 208 g/mol. The Morgan fingerprint density at radius 2 is 2.20 bits per heavy atom. The first kappa shape index (κ1) is 12.6. The molecule has 0 fully saturated rings. The van der Waals surface area contributed by atoms with Gasteiger partial charge in [-0.25, -0.2) is 0 Å². The molecule has 1 aromatic heterocycles. The number of hydrogen-bond donors (Lipinski definition) is 0. The van der Waals surface area contributed by atoms with Gasteiger partial charge >= 0.3 is 0 Å². The first-order chi connectivity index (χ1) is 7.21. The predicted molar refractivity (Wildman–Crippen MR) is 65.4 cm³/mol. The molecule has 1 atom stereocenters. The van der Waals surface area contributed by atoms with Crippen molar-refractivity contribution in [1.29, 1.82) is 0 Å². The third-order valence-electron chi connectivity index (χ3n) is 2.80. The zero-order valence-electron chi connectivity index (χ0n) is 9.96. The average molecular weight is 229 g/mol. The maximum atomic E-state index is 5.96. The van der Waals surface area contributed by atoms with Gasteiger partial charge in [0.05, 0.1) is 5.69 Å². The predicted octanol–water partition coefficient (Wildman–Crippen LogP) is 3.18. The van der Waals surface area contributed by atoms with Gasteiger partial charge in [0.2, 0.25) is 0 Å². The lowest BCUT2D eigenvalue weighted by Crippen LogP contribution is -2.09. The van der Waals surface area contributed by atoms with Crippen LogP contribution < -0.4 is 0 Å². The summed E-state index contributed by atoms with van der Waals surface area (Å²) in [5, 5.41) is 4.45. The number of rotatable bonds is 6. The molecule has 0 saturated heterocycles. The van der Waals surface area contributed by atoms with E-state index in [2.05, 4.69) is 25.0 Å². The number of halogens is 1. The van der Waals surface area contributed by atoms with Gasteiger partial charge in [0, 0.05) is 18.6 Å². The van der Waals surface area contributed by atoms with Crippen molar-refractivity contribution in [2.75, 3.05) is 5.88 Å². The summed E-state index contributed by atoms with van der Waals surface area (Å²) in [5.41, 5.74) is 2.49. The van der Waals surface area contributed by atoms with Crippen molar-refractivity contribution in [1.82, 2.24) is 9.78 Å². The highest BCUT2D eigenvalue weighted by atomic mass is 35.5. The second-order valence-electron chi connectivity index (χ2n) is 4.12. The summed E-state index contributed by atoms with van der Waals surface area (Å²) in [7, 11) is 2.02. The van der Waals surface area contributed by atoms with Crippen molar-refractivity contribution in [3.05, 3.63) is 17.5 Å². The number of hydrogen-bond acceptors (Lipinski definition) is 1. The minimum Gasteiger partial charge on any atom is -0.272 e. The minimum absolute atomic E-state index is 0.594. The molecule has 86 valence electrons. The minimum atomic E-state index is 0.594. The molecule has 0 N–H and O–H groups in total. The molecule has 0 aromatic carbocycles. The summed E-state index contributed by atoms with van der Waals surface area (Å²) >= 11 is 5.96. The number of nitrogens with zero attached hydrogens (tertiary/aromatic N) is 2. The van der Waals surface area contributed by atoms with Crippen molar-refractivity contribution < 1.29 is 0 Å². The molecule has 3 heteroatoms. The van der Waals surface area contributed by atoms with Gasteiger partial charge in [-0.05, 0) is 31.2 Å². The van der Waals surface area contributed by atoms with Gasteiger partial charge in [-0.1, -0.05) is 20.3 Å². The van der Waals surface area contributed by atoms with E-state index in [-0.39, 0.29) is 0 Å². The molecule has 0 radical (unpaired) electrons. The van der Waals surface area contributed by atoms with E-state index in [4.69, 9.17) is 11.6 Å². The Labute approximate surface area is 97.6 Å². The SMILES string of the molecule is CCCC(CCl)Cc1cc(CC)nn1C. The molecule has 0 aliphatic carbocycles. The lowest BCUT2D eigenvalue weighted by Gasteiger charge is -2.12. The Morgan fingerprint density at radius 1 is 1.47 bits per heavy atom. The molecule has 0 amide bonds. The Hall–Kier alpha value is -0.500. The fourth-order valence-corrected chi connectivity index (χ4v) is 2.14. The fraction of sp³-hybridized carbons (Fsp3) is 0.750. The Morgan fingerprint density at radius 3 is 2.67 bits per heavy atom. The number of alkyl halides is 1. The van der Waals surface area contributed by atoms with Gasteiger partial charge < -0.3 is 0 Å². The molecule has 0 spiro atoms. The number of aromatic nitrogens is 2. The van der Waals surface area contributed by atoms with Crippen LogP contribution in [0.25, 0.3) is 0 Å². The summed E-state index contributed by atoms with van der Waals surface area (Å²) in [6.45, 7) is 4.34. The monoisotopic (exact) mass is 228 g/mol. The van der Waals surface area contributed by atoms with Crippen molar-refractivity contribution in [2.45, 2.75) is 39.5 Å². The molecule has 1 unspecified atom stereocenters. The summed E-state index contributed by atoms with van der Waals surface area (Å²) in [6.07, 6.45) is 4.47. The van der Waals surface area contributed by atoms with Crippen LogP contribution in [0, 0.1) is 5.92 Å². The van der Waals surface area contributed by atoms with Crippen molar-refractivity contribution in [3.8, 4) is 0 Å². The normalized spacial score (nSPS) is 13.1. The summed E-state index contributed by atoms with van der Waals surface area (Å²) in [4.78, 5) is 0. The van der Waals surface area contributed by atoms with E-state index in [9.17, 15) is 0 Å². The molecule has 0 aliphatic rings. The molecule has 0 aliphatic heterocycles. The van der Waals surface area contributed by atoms with E-state index in [0.29, 0.717) is 5.92 Å². The van der Waals surface area contributed by atoms with Crippen molar-refractivity contribution in [2.24, 2.45) is 13.0 Å². The maximum absolute atomic E-state index is 5.96. The maximum Gasteiger partial charge on any atom is 0.0624 e. The largest absolute Gasteiger partial charge is 0.272 e. The van der Waals surface area contributed by atoms with Crippen molar-refractivity contribution >= 4 is 11.6 Å². The van der Waals surface area contributed by atoms with Crippen molar-refractivity contribution in [3.63, 3.8) is 0 Å². The zero-order chi connectivity index (χ0) is 11.3. The molecular formula is C12H21ClN2. The fourth-order valence-electron chi connectivity index (χ4n) is 1.87. The molecule has 1 rings (SSSR count). The van der Waals surface area contributed by atoms with Gasteiger partial charge in [-0.3, -0.25) is 4.68 Å². The van der Waals surface area contributed by atoms with Gasteiger partial charge in [0.1, 0.15) is 0 Å². The van der Waals surface area contributed by atoms with Gasteiger partial charge in [0.25, 0.3) is 0 Å². The lowest BCUT2D eigenvalue weighted by atomic mass is 10.00. The van der Waals surface area contributed by atoms with Gasteiger partial charge in [-0.2, -0.15) is 5.10 Å². The summed E-state index contributed by atoms with van der Waals surface area (Å²) < 4.78 is 1.99. The highest BCUT2D eigenvalue weighted by Gasteiger charge is 2.11. The van der Waals surface area contributed by atoms with Crippen LogP contribution in [-0.4, -0.2) is 15.7 Å². The first-order valence-corrected chi connectivity index (χ1v) is 6.32. The summed E-state index contributed by atoms with van der Waals surface area (Å²) in [5.74, 6) is 1.34. The van der Waals surface area contributed by atoms with Crippen LogP contribution in [0.3, 0.4) is 0 Å². The van der Waals surface area contributed by atoms with Gasteiger partial charge in [-0.15, -0.1) is 11.6 Å². The first-order valence-electron chi connectivity index (χ1n) is 5.79. The van der Waals surface area contributed by atoms with Crippen LogP contribution in [0.2, 0.25) is 0 Å². The molecule has 0 saturated carbocycles. The van der Waals surface area contributed by atoms with Crippen LogP contribution in [-0.2, 0) is 19.9 Å². The quantitative estimate of drug-likeness (QED) is 0.684. The van der Waals surface area contributed by atoms with E-state index < -0.39 is 0 Å². The molecule has 2 nitrogen and oxygen atoms in total. The molecule has 0 bridgehead atoms. The second kappa shape index (κ2) is 6.16. The smallest absolute Gasteiger partial charge is 0.0624 e. The summed E-state index contributed by atoms with van der Waals surface area (Å²) in [6, 6.07) is 2.20. The third kappa shape index (κ3) is 3.53. The highest BCUT2D eigenvalue weighted by molar-refractivity contribution is 6.18. The lowest BCUT2D eigenvalue weighted by molar-refractivity contribution is 0.507. The zero-order valence-corrected chi connectivity index (χ0v) is 10.7. The van der Waals surface area contributed by atoms with Crippen LogP contribution in [0.5, 0.6) is 0 Å². The Bertz CT molecular complexity index is 294. The third-order valence-corrected chi connectivity index (χ3v) is 3.24. The van der Waals surface area contributed by atoms with Crippen LogP contribution >= 0.6 is 11.6 Å². The van der Waals surface area contributed by atoms with E-state index in [1.165, 1.54) is 24.2 Å². The molecule has 15 heavy (non-hydrogen) atoms. The van der Waals surface area contributed by atoms with Crippen LogP contribution in [0.1, 0.15) is 38.1 Å². The Balaban J connectivity index is 2.65. The standard InChI is InChI=1S/C12H21ClN2/c1-4-6-10(9-13)7-12-8-11(5-2)14-15(12)3/h8,10H,4-7,9H2,1-3H3. The van der Waals surface area contributed by atoms with E-state index in [1.54, 1.807) is 0 Å². The van der Waals surface area contributed by atoms with Crippen LogP contribution in [0.4, 0.5) is 0 Å². The molecule has 1 heterocycles. The topological polar surface area (TPSA) is 17.8 Å². The molecule has 1 aromatic rings. The van der Waals surface area contributed by atoms with Crippen LogP contribution in [0.15, 0.2) is 6.07 Å².